The molecule has 0 bridgehead atoms. The lowest BCUT2D eigenvalue weighted by atomic mass is 9.89. The fourth-order valence-corrected chi connectivity index (χ4v) is 3.59. The van der Waals surface area contributed by atoms with Gasteiger partial charge in [0.15, 0.2) is 0 Å². The highest BCUT2D eigenvalue weighted by Gasteiger charge is 2.22. The molecule has 1 aliphatic heterocycles. The lowest BCUT2D eigenvalue weighted by molar-refractivity contribution is 0.0716. The molecule has 0 amide bonds. The second-order valence-corrected chi connectivity index (χ2v) is 6.63. The van der Waals surface area contributed by atoms with Crippen LogP contribution in [0.15, 0.2) is 61.2 Å². The number of benzene rings is 1. The molecule has 136 valence electrons. The van der Waals surface area contributed by atoms with Gasteiger partial charge in [-0.25, -0.2) is 0 Å². The quantitative estimate of drug-likeness (QED) is 0.530. The first-order valence-electron chi connectivity index (χ1n) is 9.32. The van der Waals surface area contributed by atoms with Crippen LogP contribution in [0, 0.1) is 0 Å². The molecule has 0 unspecified atom stereocenters. The summed E-state index contributed by atoms with van der Waals surface area (Å²) >= 11 is 0. The zero-order valence-electron chi connectivity index (χ0n) is 15.5. The van der Waals surface area contributed by atoms with E-state index in [9.17, 15) is 0 Å². The number of nitrogens with zero attached hydrogens (tertiary/aromatic N) is 1. The van der Waals surface area contributed by atoms with Crippen LogP contribution in [0.2, 0.25) is 0 Å². The molecule has 1 heterocycles. The Kier molecular flexibility index (Phi) is 7.96. The van der Waals surface area contributed by atoms with Gasteiger partial charge in [0.05, 0.1) is 6.10 Å². The standard InChI is InChI=1S/C22H32N2O/c1-4-8-18(5-2)22(25-6-3)13-16-24-14-11-19(12-15-24)20-9-7-10-21(23)17-20/h4-5,7-10,17,19,22H,1-2,6,11-16,23H2,3H3/b18-8+/t22-/m1/s1. The minimum absolute atomic E-state index is 0.104. The van der Waals surface area contributed by atoms with E-state index in [1.807, 2.05) is 25.1 Å². The zero-order valence-corrected chi connectivity index (χ0v) is 15.5. The number of nitrogen functional groups attached to an aromatic ring is 1. The summed E-state index contributed by atoms with van der Waals surface area (Å²) in [5.74, 6) is 0.631. The average molecular weight is 341 g/mol. The van der Waals surface area contributed by atoms with E-state index in [4.69, 9.17) is 10.5 Å². The van der Waals surface area contributed by atoms with Crippen molar-refractivity contribution < 1.29 is 4.74 Å². The van der Waals surface area contributed by atoms with E-state index in [0.717, 1.165) is 37.3 Å². The van der Waals surface area contributed by atoms with Crippen LogP contribution < -0.4 is 5.73 Å². The fraction of sp³-hybridized carbons (Fsp3) is 0.455. The number of hydrogen-bond acceptors (Lipinski definition) is 3. The Balaban J connectivity index is 1.85. The predicted molar refractivity (Wildman–Crippen MR) is 108 cm³/mol. The maximum Gasteiger partial charge on any atom is 0.0836 e. The Morgan fingerprint density at radius 2 is 2.12 bits per heavy atom. The minimum atomic E-state index is 0.104. The highest BCUT2D eigenvalue weighted by atomic mass is 16.5. The summed E-state index contributed by atoms with van der Waals surface area (Å²) in [6.45, 7) is 13.8. The first-order chi connectivity index (χ1) is 12.2. The summed E-state index contributed by atoms with van der Waals surface area (Å²) in [6.07, 6.45) is 9.17. The molecule has 0 radical (unpaired) electrons. The summed E-state index contributed by atoms with van der Waals surface area (Å²) in [7, 11) is 0. The third-order valence-electron chi connectivity index (χ3n) is 4.96. The lowest BCUT2D eigenvalue weighted by Gasteiger charge is -2.33. The molecule has 1 fully saturated rings. The summed E-state index contributed by atoms with van der Waals surface area (Å²) < 4.78 is 5.91. The number of ether oxygens (including phenoxy) is 1. The Labute approximate surface area is 152 Å². The van der Waals surface area contributed by atoms with Crippen LogP contribution in [0.4, 0.5) is 5.69 Å². The second kappa shape index (κ2) is 10.2. The number of rotatable bonds is 9. The predicted octanol–water partition coefficient (Wildman–Crippen LogP) is 4.54. The molecule has 0 spiro atoms. The molecular formula is C22H32N2O. The highest BCUT2D eigenvalue weighted by Crippen LogP contribution is 2.29. The largest absolute Gasteiger partial charge is 0.399 e. The molecule has 1 aromatic rings. The van der Waals surface area contributed by atoms with Gasteiger partial charge >= 0.3 is 0 Å². The second-order valence-electron chi connectivity index (χ2n) is 6.63. The number of allylic oxidation sites excluding steroid dienone is 2. The third-order valence-corrected chi connectivity index (χ3v) is 4.96. The summed E-state index contributed by atoms with van der Waals surface area (Å²) in [5, 5.41) is 0. The van der Waals surface area contributed by atoms with E-state index >= 15 is 0 Å². The van der Waals surface area contributed by atoms with Gasteiger partial charge in [0.1, 0.15) is 0 Å². The normalized spacial score (nSPS) is 18.0. The van der Waals surface area contributed by atoms with E-state index in [1.165, 1.54) is 18.4 Å². The minimum Gasteiger partial charge on any atom is -0.399 e. The Morgan fingerprint density at radius 3 is 2.72 bits per heavy atom. The van der Waals surface area contributed by atoms with Crippen LogP contribution in [0.1, 0.15) is 37.7 Å². The average Bonchev–Trinajstić information content (AvgIpc) is 2.64. The summed E-state index contributed by atoms with van der Waals surface area (Å²) in [4.78, 5) is 2.55. The Bertz CT molecular complexity index is 585. The maximum absolute atomic E-state index is 5.92. The van der Waals surface area contributed by atoms with Gasteiger partial charge in [-0.1, -0.05) is 43.5 Å². The molecule has 0 saturated carbocycles. The molecule has 1 saturated heterocycles. The van der Waals surface area contributed by atoms with Crippen molar-refractivity contribution in [1.29, 1.82) is 0 Å². The van der Waals surface area contributed by atoms with Crippen LogP contribution in [0.5, 0.6) is 0 Å². The van der Waals surface area contributed by atoms with Crippen molar-refractivity contribution >= 4 is 5.69 Å². The van der Waals surface area contributed by atoms with Crippen molar-refractivity contribution in [3.8, 4) is 0 Å². The lowest BCUT2D eigenvalue weighted by Crippen LogP contribution is -2.35. The van der Waals surface area contributed by atoms with Gasteiger partial charge in [-0.2, -0.15) is 0 Å². The van der Waals surface area contributed by atoms with E-state index < -0.39 is 0 Å². The zero-order chi connectivity index (χ0) is 18.1. The van der Waals surface area contributed by atoms with Gasteiger partial charge in [-0.15, -0.1) is 0 Å². The molecule has 1 atom stereocenters. The van der Waals surface area contributed by atoms with Crippen LogP contribution in [0.25, 0.3) is 0 Å². The van der Waals surface area contributed by atoms with Crippen LogP contribution in [0.3, 0.4) is 0 Å². The molecule has 2 rings (SSSR count). The number of nitrogens with two attached hydrogens (primary N) is 1. The first kappa shape index (κ1) is 19.5. The summed E-state index contributed by atoms with van der Waals surface area (Å²) in [6, 6.07) is 8.35. The maximum atomic E-state index is 5.92. The van der Waals surface area contributed by atoms with Gasteiger partial charge in [-0.3, -0.25) is 0 Å². The van der Waals surface area contributed by atoms with Crippen molar-refractivity contribution in [2.45, 2.75) is 38.2 Å². The van der Waals surface area contributed by atoms with Crippen LogP contribution >= 0.6 is 0 Å². The molecule has 3 heteroatoms. The van der Waals surface area contributed by atoms with E-state index in [-0.39, 0.29) is 6.10 Å². The Morgan fingerprint density at radius 1 is 1.36 bits per heavy atom. The number of likely N-dealkylation sites (tertiary alicyclic amines) is 1. The van der Waals surface area contributed by atoms with Crippen LogP contribution in [-0.2, 0) is 4.74 Å². The molecule has 2 N–H and O–H groups in total. The molecule has 25 heavy (non-hydrogen) atoms. The molecular weight excluding hydrogens is 308 g/mol. The molecule has 1 aromatic carbocycles. The van der Waals surface area contributed by atoms with Gasteiger partial charge in [0, 0.05) is 18.8 Å². The van der Waals surface area contributed by atoms with Crippen molar-refractivity contribution in [3.63, 3.8) is 0 Å². The van der Waals surface area contributed by atoms with Crippen molar-refractivity contribution in [2.75, 3.05) is 32.0 Å². The van der Waals surface area contributed by atoms with Gasteiger partial charge in [0.2, 0.25) is 0 Å². The van der Waals surface area contributed by atoms with E-state index in [0.29, 0.717) is 12.5 Å². The SMILES string of the molecule is C=C/C=C(\C=C)[C@@H](CCN1CCC(c2cccc(N)c2)CC1)OCC. The topological polar surface area (TPSA) is 38.5 Å². The van der Waals surface area contributed by atoms with Crippen molar-refractivity contribution in [3.05, 3.63) is 66.8 Å². The first-order valence-corrected chi connectivity index (χ1v) is 9.32. The smallest absolute Gasteiger partial charge is 0.0836 e. The number of anilines is 1. The van der Waals surface area contributed by atoms with Gasteiger partial charge in [0.25, 0.3) is 0 Å². The monoisotopic (exact) mass is 340 g/mol. The van der Waals surface area contributed by atoms with Crippen molar-refractivity contribution in [2.24, 2.45) is 0 Å². The van der Waals surface area contributed by atoms with Crippen molar-refractivity contribution in [1.82, 2.24) is 4.90 Å². The highest BCUT2D eigenvalue weighted by molar-refractivity contribution is 5.42. The summed E-state index contributed by atoms with van der Waals surface area (Å²) in [5.41, 5.74) is 9.29. The molecule has 0 aliphatic carbocycles. The van der Waals surface area contributed by atoms with E-state index in [1.54, 1.807) is 6.08 Å². The number of hydrogen-bond donors (Lipinski definition) is 1. The molecule has 0 aromatic heterocycles. The van der Waals surface area contributed by atoms with E-state index in [2.05, 4.69) is 36.3 Å². The number of piperidine rings is 1. The molecule has 3 nitrogen and oxygen atoms in total. The van der Waals surface area contributed by atoms with Crippen LogP contribution in [-0.4, -0.2) is 37.2 Å². The van der Waals surface area contributed by atoms with Gasteiger partial charge < -0.3 is 15.4 Å². The Hall–Kier alpha value is -1.84. The third kappa shape index (κ3) is 5.87. The fourth-order valence-electron chi connectivity index (χ4n) is 3.59. The molecule has 1 aliphatic rings. The van der Waals surface area contributed by atoms with Gasteiger partial charge in [-0.05, 0) is 68.5 Å².